The van der Waals surface area contributed by atoms with Crippen molar-refractivity contribution < 1.29 is 8.42 Å². The summed E-state index contributed by atoms with van der Waals surface area (Å²) in [6.07, 6.45) is 0.627. The minimum absolute atomic E-state index is 0.210. The van der Waals surface area contributed by atoms with Crippen LogP contribution in [0.5, 0.6) is 0 Å². The van der Waals surface area contributed by atoms with Crippen LogP contribution in [0.15, 0.2) is 29.2 Å². The molecule has 0 saturated carbocycles. The molecule has 120 valence electrons. The van der Waals surface area contributed by atoms with Crippen LogP contribution in [-0.4, -0.2) is 36.1 Å². The van der Waals surface area contributed by atoms with Crippen LogP contribution in [0, 0.1) is 13.8 Å². The van der Waals surface area contributed by atoms with Crippen LogP contribution in [0.4, 0.5) is 0 Å². The molecule has 0 aliphatic rings. The van der Waals surface area contributed by atoms with Gasteiger partial charge in [0.2, 0.25) is 10.0 Å². The summed E-state index contributed by atoms with van der Waals surface area (Å²) in [6, 6.07) is 6.31. The highest BCUT2D eigenvalue weighted by Crippen LogP contribution is 2.20. The molecule has 2 aromatic rings. The highest BCUT2D eigenvalue weighted by atomic mass is 35.5. The molecule has 2 rings (SSSR count). The number of aromatic nitrogens is 2. The van der Waals surface area contributed by atoms with Gasteiger partial charge in [-0.2, -0.15) is 5.10 Å². The Morgan fingerprint density at radius 2 is 2.00 bits per heavy atom. The van der Waals surface area contributed by atoms with Gasteiger partial charge >= 0.3 is 0 Å². The fourth-order valence-electron chi connectivity index (χ4n) is 2.38. The van der Waals surface area contributed by atoms with E-state index in [1.54, 1.807) is 25.2 Å². The highest BCUT2D eigenvalue weighted by molar-refractivity contribution is 7.89. The van der Waals surface area contributed by atoms with Crippen molar-refractivity contribution in [3.63, 3.8) is 0 Å². The fourth-order valence-corrected chi connectivity index (χ4v) is 3.85. The Hall–Kier alpha value is -1.37. The van der Waals surface area contributed by atoms with Crippen LogP contribution in [0.2, 0.25) is 5.02 Å². The molecule has 22 heavy (non-hydrogen) atoms. The summed E-state index contributed by atoms with van der Waals surface area (Å²) >= 11 is 5.88. The number of benzene rings is 1. The summed E-state index contributed by atoms with van der Waals surface area (Å²) in [7, 11) is -0.0611. The number of nitrogens with zero attached hydrogens (tertiary/aromatic N) is 3. The van der Waals surface area contributed by atoms with Gasteiger partial charge in [0.25, 0.3) is 0 Å². The summed E-state index contributed by atoms with van der Waals surface area (Å²) in [5.74, 6) is 0. The molecule has 1 heterocycles. The van der Waals surface area contributed by atoms with Crippen LogP contribution in [-0.2, 0) is 23.5 Å². The van der Waals surface area contributed by atoms with E-state index in [0.29, 0.717) is 18.0 Å². The molecule has 1 aromatic carbocycles. The van der Waals surface area contributed by atoms with Crippen molar-refractivity contribution in [3.8, 4) is 0 Å². The van der Waals surface area contributed by atoms with Gasteiger partial charge in [0.15, 0.2) is 0 Å². The summed E-state index contributed by atoms with van der Waals surface area (Å²) in [6.45, 7) is 4.32. The van der Waals surface area contributed by atoms with Gasteiger partial charge in [-0.05, 0) is 44.0 Å². The SMILES string of the molecule is Cc1nn(C)c(C)c1CCN(C)S(=O)(=O)c1cccc(Cl)c1. The average Bonchev–Trinajstić information content (AvgIpc) is 2.69. The van der Waals surface area contributed by atoms with E-state index in [1.807, 2.05) is 25.6 Å². The molecule has 0 aliphatic heterocycles. The molecule has 0 bridgehead atoms. The number of aryl methyl sites for hydroxylation is 2. The largest absolute Gasteiger partial charge is 0.272 e. The lowest BCUT2D eigenvalue weighted by Gasteiger charge is -2.17. The van der Waals surface area contributed by atoms with E-state index >= 15 is 0 Å². The second kappa shape index (κ2) is 6.40. The number of rotatable bonds is 5. The number of halogens is 1. The number of hydrogen-bond acceptors (Lipinski definition) is 3. The normalized spacial score (nSPS) is 12.1. The lowest BCUT2D eigenvalue weighted by atomic mass is 10.1. The van der Waals surface area contributed by atoms with Crippen molar-refractivity contribution >= 4 is 21.6 Å². The number of likely N-dealkylation sites (N-methyl/N-ethyl adjacent to an activating group) is 1. The molecule has 7 heteroatoms. The zero-order chi connectivity index (χ0) is 16.5. The zero-order valence-corrected chi connectivity index (χ0v) is 14.7. The quantitative estimate of drug-likeness (QED) is 0.839. The van der Waals surface area contributed by atoms with Crippen molar-refractivity contribution in [3.05, 3.63) is 46.2 Å². The molecule has 0 aliphatic carbocycles. The number of sulfonamides is 1. The predicted octanol–water partition coefficient (Wildman–Crippen LogP) is 2.55. The van der Waals surface area contributed by atoms with Crippen LogP contribution < -0.4 is 0 Å². The summed E-state index contributed by atoms with van der Waals surface area (Å²) in [5.41, 5.74) is 3.09. The predicted molar refractivity (Wildman–Crippen MR) is 87.7 cm³/mol. The van der Waals surface area contributed by atoms with Gasteiger partial charge in [-0.15, -0.1) is 0 Å². The van der Waals surface area contributed by atoms with E-state index in [4.69, 9.17) is 11.6 Å². The molecule has 0 unspecified atom stereocenters. The van der Waals surface area contributed by atoms with Crippen molar-refractivity contribution in [2.75, 3.05) is 13.6 Å². The first-order valence-electron chi connectivity index (χ1n) is 6.94. The Kier molecular flexibility index (Phi) is 4.94. The van der Waals surface area contributed by atoms with Gasteiger partial charge in [-0.25, -0.2) is 12.7 Å². The first-order chi connectivity index (χ1) is 10.2. The van der Waals surface area contributed by atoms with Gasteiger partial charge in [0.1, 0.15) is 0 Å². The molecule has 1 aromatic heterocycles. The minimum atomic E-state index is -3.53. The van der Waals surface area contributed by atoms with Crippen molar-refractivity contribution in [1.29, 1.82) is 0 Å². The van der Waals surface area contributed by atoms with Gasteiger partial charge in [0, 0.05) is 31.4 Å². The lowest BCUT2D eigenvalue weighted by Crippen LogP contribution is -2.29. The van der Waals surface area contributed by atoms with E-state index in [-0.39, 0.29) is 4.90 Å². The van der Waals surface area contributed by atoms with E-state index in [1.165, 1.54) is 10.4 Å². The van der Waals surface area contributed by atoms with Gasteiger partial charge in [0.05, 0.1) is 10.6 Å². The van der Waals surface area contributed by atoms with Gasteiger partial charge in [-0.1, -0.05) is 17.7 Å². The monoisotopic (exact) mass is 341 g/mol. The molecule has 0 fully saturated rings. The van der Waals surface area contributed by atoms with Crippen molar-refractivity contribution in [2.24, 2.45) is 7.05 Å². The standard InChI is InChI=1S/C15H20ClN3O2S/c1-11-15(12(2)19(4)17-11)8-9-18(3)22(20,21)14-7-5-6-13(16)10-14/h5-7,10H,8-9H2,1-4H3. The maximum atomic E-state index is 12.5. The first-order valence-corrected chi connectivity index (χ1v) is 8.76. The van der Waals surface area contributed by atoms with Crippen LogP contribution in [0.1, 0.15) is 17.0 Å². The van der Waals surface area contributed by atoms with Crippen molar-refractivity contribution in [2.45, 2.75) is 25.2 Å². The number of hydrogen-bond donors (Lipinski definition) is 0. The van der Waals surface area contributed by atoms with Gasteiger partial charge in [-0.3, -0.25) is 4.68 Å². The van der Waals surface area contributed by atoms with E-state index in [9.17, 15) is 8.42 Å². The molecule has 5 nitrogen and oxygen atoms in total. The molecule has 0 amide bonds. The second-order valence-corrected chi connectivity index (χ2v) is 7.79. The smallest absolute Gasteiger partial charge is 0.242 e. The Morgan fingerprint density at radius 3 is 2.55 bits per heavy atom. The molecule has 0 atom stereocenters. The highest BCUT2D eigenvalue weighted by Gasteiger charge is 2.21. The summed E-state index contributed by atoms with van der Waals surface area (Å²) in [5, 5.41) is 4.76. The Balaban J connectivity index is 2.16. The Morgan fingerprint density at radius 1 is 1.32 bits per heavy atom. The van der Waals surface area contributed by atoms with Gasteiger partial charge < -0.3 is 0 Å². The zero-order valence-electron chi connectivity index (χ0n) is 13.2. The third kappa shape index (κ3) is 3.34. The van der Waals surface area contributed by atoms with E-state index in [2.05, 4.69) is 5.10 Å². The Labute approximate surface area is 136 Å². The van der Waals surface area contributed by atoms with Crippen LogP contribution in [0.3, 0.4) is 0 Å². The van der Waals surface area contributed by atoms with Crippen LogP contribution in [0.25, 0.3) is 0 Å². The van der Waals surface area contributed by atoms with E-state index in [0.717, 1.165) is 17.0 Å². The molecule has 0 N–H and O–H groups in total. The lowest BCUT2D eigenvalue weighted by molar-refractivity contribution is 0.472. The average molecular weight is 342 g/mol. The fraction of sp³-hybridized carbons (Fsp3) is 0.400. The molecule has 0 radical (unpaired) electrons. The maximum Gasteiger partial charge on any atom is 0.242 e. The minimum Gasteiger partial charge on any atom is -0.272 e. The molecular formula is C15H20ClN3O2S. The second-order valence-electron chi connectivity index (χ2n) is 5.31. The third-order valence-corrected chi connectivity index (χ3v) is 5.93. The van der Waals surface area contributed by atoms with Crippen LogP contribution >= 0.6 is 11.6 Å². The van der Waals surface area contributed by atoms with Crippen molar-refractivity contribution in [1.82, 2.24) is 14.1 Å². The van der Waals surface area contributed by atoms with E-state index < -0.39 is 10.0 Å². The third-order valence-electron chi connectivity index (χ3n) is 3.84. The maximum absolute atomic E-state index is 12.5. The summed E-state index contributed by atoms with van der Waals surface area (Å²) < 4.78 is 28.2. The summed E-state index contributed by atoms with van der Waals surface area (Å²) in [4.78, 5) is 0.210. The molecule has 0 spiro atoms. The topological polar surface area (TPSA) is 55.2 Å². The molecular weight excluding hydrogens is 322 g/mol. The molecule has 0 saturated heterocycles. The first kappa shape index (κ1) is 17.0. The Bertz CT molecular complexity index is 784.